The average Bonchev–Trinajstić information content (AvgIpc) is 2.59. The third-order valence-corrected chi connectivity index (χ3v) is 8.42. The Kier molecular flexibility index (Phi) is 4.69. The van der Waals surface area contributed by atoms with Crippen LogP contribution in [0.5, 0.6) is 0 Å². The SMILES string of the molecule is C=C[C@@]1(C)C[C@H](O)[C@@H]2[C@@]3(C)[C@@H](O)[C@@H](O)[C@@H](O)C(C)(C)[C@@H]3C[C@@H](O)[C@@]2(O)[C@H]1O. The number of fused-ring (bicyclic) bond motifs is 3. The topological polar surface area (TPSA) is 142 Å². The van der Waals surface area contributed by atoms with E-state index < -0.39 is 70.3 Å². The molecule has 7 heteroatoms. The molecule has 0 aromatic rings. The summed E-state index contributed by atoms with van der Waals surface area (Å²) in [6.07, 6.45) is -6.52. The van der Waals surface area contributed by atoms with Gasteiger partial charge in [0, 0.05) is 16.7 Å². The van der Waals surface area contributed by atoms with Crippen LogP contribution in [0.3, 0.4) is 0 Å². The second-order valence-electron chi connectivity index (χ2n) is 10.1. The molecule has 27 heavy (non-hydrogen) atoms. The Morgan fingerprint density at radius 2 is 1.48 bits per heavy atom. The Balaban J connectivity index is 2.21. The molecule has 0 aliphatic heterocycles. The Morgan fingerprint density at radius 1 is 0.926 bits per heavy atom. The van der Waals surface area contributed by atoms with E-state index in [0.717, 1.165) is 0 Å². The van der Waals surface area contributed by atoms with Gasteiger partial charge in [-0.15, -0.1) is 6.58 Å². The molecule has 3 aliphatic carbocycles. The number of aliphatic hydroxyl groups excluding tert-OH is 6. The van der Waals surface area contributed by atoms with Gasteiger partial charge in [0.05, 0.1) is 30.5 Å². The summed E-state index contributed by atoms with van der Waals surface area (Å²) < 4.78 is 0. The minimum absolute atomic E-state index is 0.00828. The van der Waals surface area contributed by atoms with Gasteiger partial charge < -0.3 is 35.7 Å². The Bertz CT molecular complexity index is 623. The van der Waals surface area contributed by atoms with Crippen molar-refractivity contribution in [3.63, 3.8) is 0 Å². The summed E-state index contributed by atoms with van der Waals surface area (Å²) in [5.41, 5.74) is -5.24. The summed E-state index contributed by atoms with van der Waals surface area (Å²) in [7, 11) is 0. The molecule has 3 rings (SSSR count). The Morgan fingerprint density at radius 3 is 2.00 bits per heavy atom. The van der Waals surface area contributed by atoms with Crippen molar-refractivity contribution < 1.29 is 35.7 Å². The van der Waals surface area contributed by atoms with E-state index in [1.807, 2.05) is 0 Å². The zero-order valence-electron chi connectivity index (χ0n) is 16.4. The molecule has 3 saturated carbocycles. The molecule has 0 aromatic heterocycles. The fourth-order valence-electron chi connectivity index (χ4n) is 6.75. The molecular formula is C20H34O7. The second-order valence-corrected chi connectivity index (χ2v) is 10.1. The van der Waals surface area contributed by atoms with Crippen LogP contribution in [0.25, 0.3) is 0 Å². The van der Waals surface area contributed by atoms with Gasteiger partial charge in [-0.2, -0.15) is 0 Å². The van der Waals surface area contributed by atoms with E-state index in [4.69, 9.17) is 0 Å². The molecule has 0 spiro atoms. The van der Waals surface area contributed by atoms with Crippen LogP contribution in [-0.4, -0.2) is 78.0 Å². The first-order chi connectivity index (χ1) is 12.2. The van der Waals surface area contributed by atoms with Crippen molar-refractivity contribution in [1.82, 2.24) is 0 Å². The van der Waals surface area contributed by atoms with E-state index >= 15 is 0 Å². The van der Waals surface area contributed by atoms with Crippen LogP contribution in [0, 0.1) is 28.1 Å². The highest BCUT2D eigenvalue weighted by molar-refractivity contribution is 5.25. The minimum atomic E-state index is -2.09. The van der Waals surface area contributed by atoms with E-state index in [9.17, 15) is 35.7 Å². The minimum Gasteiger partial charge on any atom is -0.393 e. The third-order valence-electron chi connectivity index (χ3n) is 8.42. The van der Waals surface area contributed by atoms with Gasteiger partial charge in [-0.05, 0) is 24.2 Å². The van der Waals surface area contributed by atoms with Crippen LogP contribution in [0.2, 0.25) is 0 Å². The van der Waals surface area contributed by atoms with Crippen molar-refractivity contribution in [2.45, 2.75) is 82.8 Å². The van der Waals surface area contributed by atoms with Gasteiger partial charge in [0.25, 0.3) is 0 Å². The first-order valence-electron chi connectivity index (χ1n) is 9.65. The zero-order valence-corrected chi connectivity index (χ0v) is 16.4. The maximum Gasteiger partial charge on any atom is 0.123 e. The highest BCUT2D eigenvalue weighted by Crippen LogP contribution is 2.66. The number of hydrogen-bond acceptors (Lipinski definition) is 7. The quantitative estimate of drug-likeness (QED) is 0.291. The molecule has 0 saturated heterocycles. The predicted molar refractivity (Wildman–Crippen MR) is 97.4 cm³/mol. The van der Waals surface area contributed by atoms with Crippen LogP contribution in [0.4, 0.5) is 0 Å². The van der Waals surface area contributed by atoms with Crippen molar-refractivity contribution in [2.24, 2.45) is 28.1 Å². The summed E-state index contributed by atoms with van der Waals surface area (Å²) in [5, 5.41) is 76.5. The smallest absolute Gasteiger partial charge is 0.123 e. The van der Waals surface area contributed by atoms with E-state index in [1.54, 1.807) is 27.7 Å². The van der Waals surface area contributed by atoms with Crippen LogP contribution >= 0.6 is 0 Å². The molecule has 0 amide bonds. The van der Waals surface area contributed by atoms with Crippen molar-refractivity contribution in [1.29, 1.82) is 0 Å². The van der Waals surface area contributed by atoms with Gasteiger partial charge in [-0.3, -0.25) is 0 Å². The molecule has 0 radical (unpaired) electrons. The van der Waals surface area contributed by atoms with Gasteiger partial charge in [0.2, 0.25) is 0 Å². The first-order valence-corrected chi connectivity index (χ1v) is 9.65. The summed E-state index contributed by atoms with van der Waals surface area (Å²) in [5.74, 6) is -1.60. The maximum atomic E-state index is 11.5. The van der Waals surface area contributed by atoms with E-state index in [2.05, 4.69) is 6.58 Å². The van der Waals surface area contributed by atoms with Crippen molar-refractivity contribution >= 4 is 0 Å². The lowest BCUT2D eigenvalue weighted by Crippen LogP contribution is -2.80. The molecule has 3 aliphatic rings. The summed E-state index contributed by atoms with van der Waals surface area (Å²) in [6.45, 7) is 10.5. The normalized spacial score (nSPS) is 60.3. The van der Waals surface area contributed by atoms with E-state index in [0.29, 0.717) is 0 Å². The molecule has 0 unspecified atom stereocenters. The molecule has 3 fully saturated rings. The number of aliphatic hydroxyl groups is 7. The van der Waals surface area contributed by atoms with Gasteiger partial charge in [-0.1, -0.05) is 33.8 Å². The van der Waals surface area contributed by atoms with Gasteiger partial charge in [0.15, 0.2) is 0 Å². The molecule has 0 heterocycles. The lowest BCUT2D eigenvalue weighted by atomic mass is 9.38. The molecule has 11 atom stereocenters. The van der Waals surface area contributed by atoms with Gasteiger partial charge in [-0.25, -0.2) is 0 Å². The molecular weight excluding hydrogens is 352 g/mol. The first kappa shape index (κ1) is 21.2. The van der Waals surface area contributed by atoms with Gasteiger partial charge >= 0.3 is 0 Å². The average molecular weight is 386 g/mol. The van der Waals surface area contributed by atoms with Crippen molar-refractivity contribution in [3.8, 4) is 0 Å². The van der Waals surface area contributed by atoms with Crippen LogP contribution in [-0.2, 0) is 0 Å². The molecule has 156 valence electrons. The van der Waals surface area contributed by atoms with Crippen molar-refractivity contribution in [2.75, 3.05) is 0 Å². The fourth-order valence-corrected chi connectivity index (χ4v) is 6.75. The summed E-state index contributed by atoms with van der Waals surface area (Å²) >= 11 is 0. The number of rotatable bonds is 1. The monoisotopic (exact) mass is 386 g/mol. The molecule has 0 aromatic carbocycles. The Labute approximate surface area is 160 Å². The second kappa shape index (κ2) is 5.98. The largest absolute Gasteiger partial charge is 0.393 e. The zero-order chi connectivity index (χ0) is 20.7. The van der Waals surface area contributed by atoms with E-state index in [1.165, 1.54) is 6.08 Å². The third kappa shape index (κ3) is 2.34. The lowest BCUT2D eigenvalue weighted by molar-refractivity contribution is -0.347. The fraction of sp³-hybridized carbons (Fsp3) is 0.900. The molecule has 7 N–H and O–H groups in total. The van der Waals surface area contributed by atoms with E-state index in [-0.39, 0.29) is 12.8 Å². The lowest BCUT2D eigenvalue weighted by Gasteiger charge is -2.70. The van der Waals surface area contributed by atoms with Gasteiger partial charge in [0.1, 0.15) is 11.7 Å². The highest BCUT2D eigenvalue weighted by atomic mass is 16.4. The van der Waals surface area contributed by atoms with Crippen LogP contribution in [0.15, 0.2) is 12.7 Å². The van der Waals surface area contributed by atoms with Crippen LogP contribution in [0.1, 0.15) is 40.5 Å². The van der Waals surface area contributed by atoms with Crippen LogP contribution < -0.4 is 0 Å². The highest BCUT2D eigenvalue weighted by Gasteiger charge is 2.75. The molecule has 7 nitrogen and oxygen atoms in total. The standard InChI is InChI=1S/C20H34O7/c1-6-18(4)8-9(21)13-19(5)10(7-11(22)20(13,27)16(18)26)17(2,3)14(24)12(23)15(19)25/h6,9-16,21-27H,1,7-8H2,2-5H3/t9-,10-,11+,12-,13+,14+,15-,16-,18-,19-,20-/m0/s1. The van der Waals surface area contributed by atoms with Crippen molar-refractivity contribution in [3.05, 3.63) is 12.7 Å². The summed E-state index contributed by atoms with van der Waals surface area (Å²) in [6, 6.07) is 0. The maximum absolute atomic E-state index is 11.5. The molecule has 0 bridgehead atoms. The number of hydrogen-bond donors (Lipinski definition) is 7. The Hall–Kier alpha value is -0.540. The predicted octanol–water partition coefficient (Wildman–Crippen LogP) is -0.839. The summed E-state index contributed by atoms with van der Waals surface area (Å²) in [4.78, 5) is 0.